The number of pyridine rings is 1. The molecule has 0 amide bonds. The van der Waals surface area contributed by atoms with E-state index in [2.05, 4.69) is 16.8 Å². The monoisotopic (exact) mass is 234 g/mol. The summed E-state index contributed by atoms with van der Waals surface area (Å²) in [6, 6.07) is 3.85. The molecule has 1 saturated heterocycles. The summed E-state index contributed by atoms with van der Waals surface area (Å²) in [5.41, 5.74) is 6.89. The summed E-state index contributed by atoms with van der Waals surface area (Å²) in [5.74, 6) is 0.452. The molecule has 0 saturated carbocycles. The molecule has 0 bridgehead atoms. The number of aliphatic hydroxyl groups is 1. The Morgan fingerprint density at radius 3 is 3.12 bits per heavy atom. The van der Waals surface area contributed by atoms with E-state index in [4.69, 9.17) is 11.1 Å². The van der Waals surface area contributed by atoms with Gasteiger partial charge in [-0.15, -0.1) is 0 Å². The molecular weight excluding hydrogens is 216 g/mol. The van der Waals surface area contributed by atoms with Gasteiger partial charge in [0.2, 0.25) is 0 Å². The number of hydrogen-bond acceptors (Lipinski definition) is 4. The molecule has 1 aromatic heterocycles. The number of anilines is 1. The Hall–Kier alpha value is -1.62. The number of hydrogen-bond donors (Lipinski definition) is 3. The van der Waals surface area contributed by atoms with E-state index in [1.165, 1.54) is 0 Å². The average molecular weight is 234 g/mol. The van der Waals surface area contributed by atoms with Crippen LogP contribution in [0.1, 0.15) is 19.0 Å². The molecule has 2 rings (SSSR count). The number of nitrogens with one attached hydrogen (secondary N) is 1. The van der Waals surface area contributed by atoms with Crippen LogP contribution >= 0.6 is 0 Å². The highest BCUT2D eigenvalue weighted by atomic mass is 16.3. The van der Waals surface area contributed by atoms with Gasteiger partial charge in [-0.05, 0) is 24.5 Å². The zero-order valence-corrected chi connectivity index (χ0v) is 9.93. The molecule has 1 aliphatic heterocycles. The van der Waals surface area contributed by atoms with Crippen molar-refractivity contribution in [3.8, 4) is 0 Å². The van der Waals surface area contributed by atoms with Gasteiger partial charge < -0.3 is 15.7 Å². The van der Waals surface area contributed by atoms with Crippen molar-refractivity contribution >= 4 is 11.5 Å². The van der Waals surface area contributed by atoms with E-state index in [0.29, 0.717) is 11.6 Å². The molecular formula is C12H18N4O. The van der Waals surface area contributed by atoms with Crippen molar-refractivity contribution in [1.82, 2.24) is 4.98 Å². The summed E-state index contributed by atoms with van der Waals surface area (Å²) in [4.78, 5) is 6.21. The highest BCUT2D eigenvalue weighted by Crippen LogP contribution is 2.29. The molecule has 1 fully saturated rings. The SMILES string of the molecule is CC1CCN(c2ccnc(C(=N)N)c2)C1CO. The van der Waals surface area contributed by atoms with Crippen molar-refractivity contribution in [2.24, 2.45) is 11.7 Å². The maximum atomic E-state index is 9.42. The summed E-state index contributed by atoms with van der Waals surface area (Å²) in [6.45, 7) is 3.22. The second kappa shape index (κ2) is 4.71. The molecule has 2 unspecified atom stereocenters. The average Bonchev–Trinajstić information content (AvgIpc) is 2.70. The van der Waals surface area contributed by atoms with Gasteiger partial charge in [0, 0.05) is 18.4 Å². The van der Waals surface area contributed by atoms with Crippen LogP contribution in [-0.2, 0) is 0 Å². The summed E-state index contributed by atoms with van der Waals surface area (Å²) < 4.78 is 0. The van der Waals surface area contributed by atoms with Crippen LogP contribution in [0, 0.1) is 11.3 Å². The van der Waals surface area contributed by atoms with Crippen molar-refractivity contribution in [3.63, 3.8) is 0 Å². The first-order valence-corrected chi connectivity index (χ1v) is 5.81. The number of nitrogen functional groups attached to an aromatic ring is 1. The van der Waals surface area contributed by atoms with Crippen LogP contribution in [0.2, 0.25) is 0 Å². The standard InChI is InChI=1S/C12H18N4O/c1-8-3-5-16(11(8)7-17)9-2-4-15-10(6-9)12(13)14/h2,4,6,8,11,17H,3,5,7H2,1H3,(H3,13,14). The van der Waals surface area contributed by atoms with Crippen LogP contribution < -0.4 is 10.6 Å². The van der Waals surface area contributed by atoms with Gasteiger partial charge in [-0.25, -0.2) is 0 Å². The van der Waals surface area contributed by atoms with E-state index < -0.39 is 0 Å². The second-order valence-corrected chi connectivity index (χ2v) is 4.52. The van der Waals surface area contributed by atoms with Gasteiger partial charge in [-0.2, -0.15) is 0 Å². The highest BCUT2D eigenvalue weighted by Gasteiger charge is 2.30. The third-order valence-electron chi connectivity index (χ3n) is 3.42. The molecule has 5 nitrogen and oxygen atoms in total. The first-order valence-electron chi connectivity index (χ1n) is 5.81. The molecule has 4 N–H and O–H groups in total. The third kappa shape index (κ3) is 2.24. The van der Waals surface area contributed by atoms with Crippen LogP contribution in [-0.4, -0.2) is 35.1 Å². The smallest absolute Gasteiger partial charge is 0.141 e. The molecule has 2 heterocycles. The van der Waals surface area contributed by atoms with E-state index in [9.17, 15) is 5.11 Å². The fraction of sp³-hybridized carbons (Fsp3) is 0.500. The lowest BCUT2D eigenvalue weighted by molar-refractivity contribution is 0.245. The van der Waals surface area contributed by atoms with Gasteiger partial charge in [-0.3, -0.25) is 10.4 Å². The maximum absolute atomic E-state index is 9.42. The summed E-state index contributed by atoms with van der Waals surface area (Å²) in [6.07, 6.45) is 2.73. The van der Waals surface area contributed by atoms with Gasteiger partial charge in [0.15, 0.2) is 0 Å². The van der Waals surface area contributed by atoms with E-state index in [-0.39, 0.29) is 18.5 Å². The molecule has 0 aliphatic carbocycles. The first-order chi connectivity index (χ1) is 8.13. The van der Waals surface area contributed by atoms with Crippen LogP contribution in [0.3, 0.4) is 0 Å². The fourth-order valence-corrected chi connectivity index (χ4v) is 2.35. The summed E-state index contributed by atoms with van der Waals surface area (Å²) in [5, 5.41) is 16.8. The largest absolute Gasteiger partial charge is 0.394 e. The van der Waals surface area contributed by atoms with Crippen LogP contribution in [0.25, 0.3) is 0 Å². The number of nitrogens with zero attached hydrogens (tertiary/aromatic N) is 2. The molecule has 2 atom stereocenters. The quantitative estimate of drug-likeness (QED) is 0.527. The summed E-state index contributed by atoms with van der Waals surface area (Å²) in [7, 11) is 0. The molecule has 5 heteroatoms. The van der Waals surface area contributed by atoms with E-state index >= 15 is 0 Å². The Morgan fingerprint density at radius 2 is 2.47 bits per heavy atom. The Bertz CT molecular complexity index is 421. The fourth-order valence-electron chi connectivity index (χ4n) is 2.35. The Kier molecular flexibility index (Phi) is 3.28. The van der Waals surface area contributed by atoms with Crippen molar-refractivity contribution < 1.29 is 5.11 Å². The Morgan fingerprint density at radius 1 is 1.71 bits per heavy atom. The Balaban J connectivity index is 2.28. The van der Waals surface area contributed by atoms with E-state index in [1.54, 1.807) is 6.20 Å². The van der Waals surface area contributed by atoms with Gasteiger partial charge in [0.05, 0.1) is 12.6 Å². The molecule has 1 aromatic rings. The van der Waals surface area contributed by atoms with Crippen molar-refractivity contribution in [1.29, 1.82) is 5.41 Å². The maximum Gasteiger partial charge on any atom is 0.141 e. The van der Waals surface area contributed by atoms with E-state index in [0.717, 1.165) is 18.7 Å². The van der Waals surface area contributed by atoms with Crippen LogP contribution in [0.4, 0.5) is 5.69 Å². The molecule has 17 heavy (non-hydrogen) atoms. The zero-order valence-electron chi connectivity index (χ0n) is 9.93. The van der Waals surface area contributed by atoms with Crippen molar-refractivity contribution in [2.75, 3.05) is 18.1 Å². The normalized spacial score (nSPS) is 24.0. The number of rotatable bonds is 3. The number of aromatic nitrogens is 1. The molecule has 0 spiro atoms. The number of amidine groups is 1. The topological polar surface area (TPSA) is 86.2 Å². The molecule has 0 aromatic carbocycles. The predicted octanol–water partition coefficient (Wildman–Crippen LogP) is 0.573. The molecule has 1 aliphatic rings. The third-order valence-corrected chi connectivity index (χ3v) is 3.42. The lowest BCUT2D eigenvalue weighted by Gasteiger charge is -2.27. The minimum atomic E-state index is -0.0281. The van der Waals surface area contributed by atoms with Gasteiger partial charge >= 0.3 is 0 Å². The second-order valence-electron chi connectivity index (χ2n) is 4.52. The molecule has 0 radical (unpaired) electrons. The minimum Gasteiger partial charge on any atom is -0.394 e. The van der Waals surface area contributed by atoms with E-state index in [1.807, 2.05) is 12.1 Å². The van der Waals surface area contributed by atoms with Crippen LogP contribution in [0.5, 0.6) is 0 Å². The lowest BCUT2D eigenvalue weighted by Crippen LogP contribution is -2.35. The number of aliphatic hydroxyl groups excluding tert-OH is 1. The van der Waals surface area contributed by atoms with Crippen LogP contribution in [0.15, 0.2) is 18.3 Å². The first kappa shape index (κ1) is 11.9. The highest BCUT2D eigenvalue weighted by molar-refractivity contribution is 5.93. The van der Waals surface area contributed by atoms with Gasteiger partial charge in [0.25, 0.3) is 0 Å². The Labute approximate surface area is 101 Å². The number of nitrogens with two attached hydrogens (primary N) is 1. The lowest BCUT2D eigenvalue weighted by atomic mass is 10.0. The van der Waals surface area contributed by atoms with Gasteiger partial charge in [0.1, 0.15) is 11.5 Å². The van der Waals surface area contributed by atoms with Crippen molar-refractivity contribution in [2.45, 2.75) is 19.4 Å². The predicted molar refractivity (Wildman–Crippen MR) is 67.3 cm³/mol. The zero-order chi connectivity index (χ0) is 12.4. The van der Waals surface area contributed by atoms with Gasteiger partial charge in [-0.1, -0.05) is 6.92 Å². The minimum absolute atomic E-state index is 0.0281. The summed E-state index contributed by atoms with van der Waals surface area (Å²) >= 11 is 0. The van der Waals surface area contributed by atoms with Crippen molar-refractivity contribution in [3.05, 3.63) is 24.0 Å². The molecule has 92 valence electrons.